The van der Waals surface area contributed by atoms with E-state index < -0.39 is 6.04 Å². The molecule has 1 amide bonds. The minimum Gasteiger partial charge on any atom is -0.351 e. The normalized spacial score (nSPS) is 14.1. The largest absolute Gasteiger partial charge is 0.351 e. The van der Waals surface area contributed by atoms with Gasteiger partial charge >= 0.3 is 0 Å². The van der Waals surface area contributed by atoms with Crippen molar-refractivity contribution >= 4 is 5.91 Å². The van der Waals surface area contributed by atoms with E-state index >= 15 is 0 Å². The van der Waals surface area contributed by atoms with Crippen molar-refractivity contribution in [2.45, 2.75) is 32.9 Å². The lowest BCUT2D eigenvalue weighted by atomic mass is 9.99. The van der Waals surface area contributed by atoms with Crippen molar-refractivity contribution in [3.05, 3.63) is 35.6 Å². The first-order chi connectivity index (χ1) is 8.04. The molecule has 3 N–H and O–H groups in total. The maximum atomic E-state index is 12.9. The van der Waals surface area contributed by atoms with Gasteiger partial charge in [-0.1, -0.05) is 32.4 Å². The number of hydrogen-bond acceptors (Lipinski definition) is 2. The van der Waals surface area contributed by atoms with Gasteiger partial charge in [0.1, 0.15) is 5.82 Å². The van der Waals surface area contributed by atoms with Gasteiger partial charge < -0.3 is 11.1 Å². The smallest absolute Gasteiger partial charge is 0.237 e. The zero-order valence-corrected chi connectivity index (χ0v) is 10.2. The van der Waals surface area contributed by atoms with E-state index in [4.69, 9.17) is 5.73 Å². The summed E-state index contributed by atoms with van der Waals surface area (Å²) >= 11 is 0. The Balaban J connectivity index is 2.48. The third kappa shape index (κ3) is 4.15. The Morgan fingerprint density at radius 2 is 2.24 bits per heavy atom. The molecule has 0 spiro atoms. The summed E-state index contributed by atoms with van der Waals surface area (Å²) in [6.07, 6.45) is 0.856. The summed E-state index contributed by atoms with van der Waals surface area (Å²) in [7, 11) is 0. The maximum Gasteiger partial charge on any atom is 0.237 e. The number of carbonyl (C=O) groups excluding carboxylic acids is 1. The molecule has 0 aliphatic rings. The quantitative estimate of drug-likeness (QED) is 0.822. The summed E-state index contributed by atoms with van der Waals surface area (Å²) < 4.78 is 12.9. The molecule has 1 unspecified atom stereocenters. The molecular weight excluding hydrogens is 219 g/mol. The molecule has 0 saturated carbocycles. The van der Waals surface area contributed by atoms with E-state index in [0.29, 0.717) is 6.54 Å². The molecule has 0 radical (unpaired) electrons. The van der Waals surface area contributed by atoms with Crippen LogP contribution in [0.2, 0.25) is 0 Å². The number of hydrogen-bond donors (Lipinski definition) is 2. The third-order valence-electron chi connectivity index (χ3n) is 2.92. The molecule has 1 rings (SSSR count). The average Bonchev–Trinajstić information content (AvgIpc) is 2.34. The molecule has 1 aromatic rings. The molecule has 0 saturated heterocycles. The second kappa shape index (κ2) is 6.35. The molecule has 0 fully saturated rings. The number of amides is 1. The van der Waals surface area contributed by atoms with Crippen LogP contribution in [0.3, 0.4) is 0 Å². The molecule has 0 aliphatic heterocycles. The lowest BCUT2D eigenvalue weighted by Gasteiger charge is -2.17. The lowest BCUT2D eigenvalue weighted by molar-refractivity contribution is -0.123. The van der Waals surface area contributed by atoms with Gasteiger partial charge in [0.15, 0.2) is 0 Å². The Hall–Kier alpha value is -1.42. The van der Waals surface area contributed by atoms with Gasteiger partial charge in [-0.05, 0) is 23.6 Å². The van der Waals surface area contributed by atoms with E-state index in [0.717, 1.165) is 12.0 Å². The Kier molecular flexibility index (Phi) is 5.10. The first-order valence-electron chi connectivity index (χ1n) is 5.82. The summed E-state index contributed by atoms with van der Waals surface area (Å²) in [5, 5.41) is 2.71. The number of carbonyl (C=O) groups is 1. The van der Waals surface area contributed by atoms with E-state index in [-0.39, 0.29) is 17.6 Å². The van der Waals surface area contributed by atoms with Gasteiger partial charge in [0.25, 0.3) is 0 Å². The Labute approximate surface area is 101 Å². The van der Waals surface area contributed by atoms with Crippen LogP contribution in [-0.2, 0) is 11.3 Å². The Bertz CT molecular complexity index is 381. The predicted octanol–water partition coefficient (Wildman–Crippen LogP) is 1.82. The highest BCUT2D eigenvalue weighted by atomic mass is 19.1. The number of nitrogens with one attached hydrogen (secondary N) is 1. The molecule has 17 heavy (non-hydrogen) atoms. The zero-order valence-electron chi connectivity index (χ0n) is 10.2. The Morgan fingerprint density at radius 3 is 2.82 bits per heavy atom. The minimum absolute atomic E-state index is 0.141. The second-order valence-electron chi connectivity index (χ2n) is 4.26. The molecule has 0 bridgehead atoms. The van der Waals surface area contributed by atoms with E-state index in [9.17, 15) is 9.18 Å². The average molecular weight is 238 g/mol. The van der Waals surface area contributed by atoms with Gasteiger partial charge in [-0.25, -0.2) is 4.39 Å². The van der Waals surface area contributed by atoms with Crippen molar-refractivity contribution in [1.29, 1.82) is 0 Å². The van der Waals surface area contributed by atoms with E-state index in [1.54, 1.807) is 12.1 Å². The number of rotatable bonds is 5. The summed E-state index contributed by atoms with van der Waals surface area (Å²) in [5.41, 5.74) is 6.51. The topological polar surface area (TPSA) is 55.1 Å². The van der Waals surface area contributed by atoms with Gasteiger partial charge in [-0.2, -0.15) is 0 Å². The van der Waals surface area contributed by atoms with Gasteiger partial charge in [0.05, 0.1) is 6.04 Å². The summed E-state index contributed by atoms with van der Waals surface area (Å²) in [6, 6.07) is 5.64. The van der Waals surface area contributed by atoms with E-state index in [2.05, 4.69) is 5.32 Å². The third-order valence-corrected chi connectivity index (χ3v) is 2.92. The van der Waals surface area contributed by atoms with Crippen LogP contribution >= 0.6 is 0 Å². The molecule has 0 aliphatic carbocycles. The zero-order chi connectivity index (χ0) is 12.8. The molecule has 3 nitrogen and oxygen atoms in total. The number of halogens is 1. The van der Waals surface area contributed by atoms with E-state index in [1.807, 2.05) is 13.8 Å². The molecule has 4 heteroatoms. The highest BCUT2D eigenvalue weighted by Crippen LogP contribution is 2.06. The van der Waals surface area contributed by atoms with Crippen molar-refractivity contribution in [1.82, 2.24) is 5.32 Å². The molecule has 94 valence electrons. The van der Waals surface area contributed by atoms with Crippen LogP contribution in [0.4, 0.5) is 4.39 Å². The van der Waals surface area contributed by atoms with Crippen LogP contribution < -0.4 is 11.1 Å². The van der Waals surface area contributed by atoms with E-state index in [1.165, 1.54) is 12.1 Å². The first kappa shape index (κ1) is 13.6. The molecular formula is C13H19FN2O. The number of benzene rings is 1. The van der Waals surface area contributed by atoms with Crippen molar-refractivity contribution in [3.8, 4) is 0 Å². The fraction of sp³-hybridized carbons (Fsp3) is 0.462. The van der Waals surface area contributed by atoms with Crippen molar-refractivity contribution < 1.29 is 9.18 Å². The summed E-state index contributed by atoms with van der Waals surface area (Å²) in [5.74, 6) is -0.353. The maximum absolute atomic E-state index is 12.9. The fourth-order valence-electron chi connectivity index (χ4n) is 1.47. The van der Waals surface area contributed by atoms with Crippen molar-refractivity contribution in [2.75, 3.05) is 0 Å². The van der Waals surface area contributed by atoms with Crippen LogP contribution in [-0.4, -0.2) is 11.9 Å². The summed E-state index contributed by atoms with van der Waals surface area (Å²) in [6.45, 7) is 4.23. The fourth-order valence-corrected chi connectivity index (χ4v) is 1.47. The van der Waals surface area contributed by atoms with Crippen LogP contribution in [0.5, 0.6) is 0 Å². The van der Waals surface area contributed by atoms with Gasteiger partial charge in [-0.15, -0.1) is 0 Å². The lowest BCUT2D eigenvalue weighted by Crippen LogP contribution is -2.44. The van der Waals surface area contributed by atoms with Crippen molar-refractivity contribution in [3.63, 3.8) is 0 Å². The standard InChI is InChI=1S/C13H19FN2O/c1-3-9(2)12(15)13(17)16-8-10-5-4-6-11(14)7-10/h4-7,9,12H,3,8,15H2,1-2H3,(H,16,17)/t9?,12-/m0/s1. The highest BCUT2D eigenvalue weighted by Gasteiger charge is 2.18. The van der Waals surface area contributed by atoms with Crippen LogP contribution in [0.1, 0.15) is 25.8 Å². The molecule has 0 aromatic heterocycles. The van der Waals surface area contributed by atoms with Crippen LogP contribution in [0.25, 0.3) is 0 Å². The van der Waals surface area contributed by atoms with Gasteiger partial charge in [0.2, 0.25) is 5.91 Å². The molecule has 0 heterocycles. The van der Waals surface area contributed by atoms with Crippen LogP contribution in [0.15, 0.2) is 24.3 Å². The first-order valence-corrected chi connectivity index (χ1v) is 5.82. The monoisotopic (exact) mass is 238 g/mol. The van der Waals surface area contributed by atoms with Crippen molar-refractivity contribution in [2.24, 2.45) is 11.7 Å². The number of nitrogens with two attached hydrogens (primary N) is 1. The van der Waals surface area contributed by atoms with Crippen LogP contribution in [0, 0.1) is 11.7 Å². The highest BCUT2D eigenvalue weighted by molar-refractivity contribution is 5.81. The van der Waals surface area contributed by atoms with Gasteiger partial charge in [0, 0.05) is 6.54 Å². The predicted molar refractivity (Wildman–Crippen MR) is 65.7 cm³/mol. The molecule has 2 atom stereocenters. The molecule has 1 aromatic carbocycles. The van der Waals surface area contributed by atoms with Gasteiger partial charge in [-0.3, -0.25) is 4.79 Å². The summed E-state index contributed by atoms with van der Waals surface area (Å²) in [4.78, 5) is 11.7. The SMILES string of the molecule is CCC(C)[C@H](N)C(=O)NCc1cccc(F)c1. The second-order valence-corrected chi connectivity index (χ2v) is 4.26. The Morgan fingerprint density at radius 1 is 1.53 bits per heavy atom. The minimum atomic E-state index is -0.506.